The number of nitrogens with one attached hydrogen (secondary N) is 1. The first-order chi connectivity index (χ1) is 13.0. The summed E-state index contributed by atoms with van der Waals surface area (Å²) in [4.78, 5) is 16.0. The number of ether oxygens (including phenoxy) is 1. The Morgan fingerprint density at radius 3 is 2.67 bits per heavy atom. The van der Waals surface area contributed by atoms with Gasteiger partial charge in [0.15, 0.2) is 5.65 Å². The fraction of sp³-hybridized carbons (Fsp3) is 0.412. The minimum atomic E-state index is 0.525. The van der Waals surface area contributed by atoms with Gasteiger partial charge in [0.05, 0.1) is 24.3 Å². The van der Waals surface area contributed by atoms with Crippen molar-refractivity contribution in [3.63, 3.8) is 0 Å². The van der Waals surface area contributed by atoms with Crippen LogP contribution in [0.15, 0.2) is 17.0 Å². The molecule has 0 radical (unpaired) electrons. The van der Waals surface area contributed by atoms with Gasteiger partial charge in [-0.15, -0.1) is 0 Å². The predicted octanol–water partition coefficient (Wildman–Crippen LogP) is 2.09. The largest absolute Gasteiger partial charge is 0.378 e. The van der Waals surface area contributed by atoms with E-state index in [9.17, 15) is 0 Å². The van der Waals surface area contributed by atoms with Crippen molar-refractivity contribution in [1.29, 1.82) is 0 Å². The fourth-order valence-corrected chi connectivity index (χ4v) is 3.66. The highest BCUT2D eigenvalue weighted by atomic mass is 79.9. The van der Waals surface area contributed by atoms with Gasteiger partial charge in [-0.05, 0) is 28.9 Å². The predicted molar refractivity (Wildman–Crippen MR) is 108 cm³/mol. The van der Waals surface area contributed by atoms with Crippen molar-refractivity contribution in [2.75, 3.05) is 36.5 Å². The van der Waals surface area contributed by atoms with Crippen LogP contribution >= 0.6 is 15.9 Å². The number of aromatic nitrogens is 6. The number of hydrogen-bond acceptors (Lipinski definition) is 7. The average molecular weight is 433 g/mol. The molecule has 4 heterocycles. The third kappa shape index (κ3) is 3.54. The van der Waals surface area contributed by atoms with Gasteiger partial charge in [-0.1, -0.05) is 0 Å². The van der Waals surface area contributed by atoms with E-state index in [1.165, 1.54) is 0 Å². The number of morpholine rings is 1. The van der Waals surface area contributed by atoms with E-state index in [0.29, 0.717) is 19.2 Å². The van der Waals surface area contributed by atoms with Crippen LogP contribution in [-0.4, -0.2) is 55.6 Å². The zero-order valence-electron chi connectivity index (χ0n) is 15.5. The van der Waals surface area contributed by atoms with Crippen LogP contribution in [0.1, 0.15) is 11.5 Å². The molecule has 9 nitrogen and oxygen atoms in total. The molecule has 10 heteroatoms. The summed E-state index contributed by atoms with van der Waals surface area (Å²) < 4.78 is 9.99. The molecule has 0 saturated carbocycles. The van der Waals surface area contributed by atoms with E-state index in [2.05, 4.69) is 41.2 Å². The Bertz CT molecular complexity index is 1000. The third-order valence-electron chi connectivity index (χ3n) is 4.48. The first-order valence-corrected chi connectivity index (χ1v) is 9.48. The van der Waals surface area contributed by atoms with Gasteiger partial charge in [0, 0.05) is 39.6 Å². The van der Waals surface area contributed by atoms with Crippen LogP contribution in [0.25, 0.3) is 17.1 Å². The molecule has 27 heavy (non-hydrogen) atoms. The molecule has 142 valence electrons. The summed E-state index contributed by atoms with van der Waals surface area (Å²) in [6.45, 7) is 4.98. The number of fused-ring (bicyclic) bond motifs is 1. The minimum absolute atomic E-state index is 0.525. The molecule has 0 spiro atoms. The number of nitrogens with zero attached hydrogens (tertiary/aromatic N) is 7. The first kappa shape index (κ1) is 17.9. The lowest BCUT2D eigenvalue weighted by molar-refractivity contribution is 0.122. The summed E-state index contributed by atoms with van der Waals surface area (Å²) in [6, 6.07) is 0. The van der Waals surface area contributed by atoms with E-state index in [-0.39, 0.29) is 0 Å². The second-order valence-corrected chi connectivity index (χ2v) is 7.20. The number of halogens is 1. The highest BCUT2D eigenvalue weighted by Crippen LogP contribution is 2.28. The second kappa shape index (κ2) is 7.28. The van der Waals surface area contributed by atoms with Crippen LogP contribution in [0.5, 0.6) is 0 Å². The Hall–Kier alpha value is -2.46. The number of aryl methyl sites for hydroxylation is 3. The summed E-state index contributed by atoms with van der Waals surface area (Å²) in [7, 11) is 3.84. The van der Waals surface area contributed by atoms with Crippen LogP contribution in [0, 0.1) is 6.92 Å². The molecule has 4 rings (SSSR count). The van der Waals surface area contributed by atoms with Crippen LogP contribution in [-0.2, 0) is 18.8 Å². The van der Waals surface area contributed by atoms with Crippen molar-refractivity contribution >= 4 is 44.8 Å². The Labute approximate surface area is 165 Å². The zero-order chi connectivity index (χ0) is 19.0. The molecule has 1 aliphatic rings. The van der Waals surface area contributed by atoms with Crippen molar-refractivity contribution in [3.8, 4) is 0 Å². The third-order valence-corrected chi connectivity index (χ3v) is 4.86. The number of rotatable bonds is 4. The van der Waals surface area contributed by atoms with E-state index in [4.69, 9.17) is 9.72 Å². The van der Waals surface area contributed by atoms with Crippen LogP contribution < -0.4 is 10.2 Å². The molecule has 3 aromatic heterocycles. The normalized spacial score (nSPS) is 15.2. The van der Waals surface area contributed by atoms with Crippen LogP contribution in [0.2, 0.25) is 0 Å². The van der Waals surface area contributed by atoms with Crippen molar-refractivity contribution in [2.45, 2.75) is 6.92 Å². The van der Waals surface area contributed by atoms with Gasteiger partial charge in [0.1, 0.15) is 16.2 Å². The molecular formula is C17H21BrN8O. The maximum absolute atomic E-state index is 5.48. The molecular weight excluding hydrogens is 412 g/mol. The summed E-state index contributed by atoms with van der Waals surface area (Å²) in [5.74, 6) is 2.24. The van der Waals surface area contributed by atoms with Crippen molar-refractivity contribution < 1.29 is 4.74 Å². The molecule has 0 unspecified atom stereocenters. The molecule has 1 N–H and O–H groups in total. The van der Waals surface area contributed by atoms with Crippen molar-refractivity contribution in [1.82, 2.24) is 29.3 Å². The maximum atomic E-state index is 5.48. The summed E-state index contributed by atoms with van der Waals surface area (Å²) in [6.07, 6.45) is 5.57. The Morgan fingerprint density at radius 1 is 1.19 bits per heavy atom. The highest BCUT2D eigenvalue weighted by Gasteiger charge is 2.21. The van der Waals surface area contributed by atoms with Gasteiger partial charge in [0.2, 0.25) is 5.95 Å². The lowest BCUT2D eigenvalue weighted by Gasteiger charge is -2.28. The van der Waals surface area contributed by atoms with E-state index < -0.39 is 0 Å². The molecule has 3 aromatic rings. The number of hydrogen-bond donors (Lipinski definition) is 1. The van der Waals surface area contributed by atoms with Gasteiger partial charge < -0.3 is 19.5 Å². The van der Waals surface area contributed by atoms with Crippen LogP contribution in [0.4, 0.5) is 11.8 Å². The molecule has 1 saturated heterocycles. The number of anilines is 2. The second-order valence-electron chi connectivity index (χ2n) is 6.39. The SMILES string of the molecule is Cc1nn(C)c2nc(N/C=C/c3nc(Br)cn3C)nc(N3CCOCC3)c12. The van der Waals surface area contributed by atoms with E-state index >= 15 is 0 Å². The van der Waals surface area contributed by atoms with Crippen LogP contribution in [0.3, 0.4) is 0 Å². The summed E-state index contributed by atoms with van der Waals surface area (Å²) in [5, 5.41) is 8.68. The average Bonchev–Trinajstić information content (AvgIpc) is 3.13. The minimum Gasteiger partial charge on any atom is -0.378 e. The van der Waals surface area contributed by atoms with Gasteiger partial charge in [-0.3, -0.25) is 0 Å². The topological polar surface area (TPSA) is 85.9 Å². The molecule has 0 atom stereocenters. The fourth-order valence-electron chi connectivity index (χ4n) is 3.17. The molecule has 0 amide bonds. The molecule has 0 aliphatic carbocycles. The highest BCUT2D eigenvalue weighted by molar-refractivity contribution is 9.10. The Kier molecular flexibility index (Phi) is 4.83. The quantitative estimate of drug-likeness (QED) is 0.675. The molecule has 0 bridgehead atoms. The first-order valence-electron chi connectivity index (χ1n) is 8.69. The lowest BCUT2D eigenvalue weighted by Crippen LogP contribution is -2.37. The standard InChI is InChI=1S/C17H21BrN8O/c1-11-14-15(25(3)23-11)21-17(22-16(14)26-6-8-27-9-7-26)19-5-4-13-20-12(18)10-24(13)2/h4-5,10H,6-9H2,1-3H3,(H,19,21,22)/b5-4+. The summed E-state index contributed by atoms with van der Waals surface area (Å²) in [5.41, 5.74) is 1.73. The van der Waals surface area contributed by atoms with Gasteiger partial charge in [0.25, 0.3) is 0 Å². The molecule has 1 fully saturated rings. The number of imidazole rings is 1. The Morgan fingerprint density at radius 2 is 1.96 bits per heavy atom. The molecule has 0 aromatic carbocycles. The van der Waals surface area contributed by atoms with Gasteiger partial charge in [-0.25, -0.2) is 9.67 Å². The van der Waals surface area contributed by atoms with E-state index in [1.807, 2.05) is 37.9 Å². The maximum Gasteiger partial charge on any atom is 0.230 e. The Balaban J connectivity index is 1.68. The lowest BCUT2D eigenvalue weighted by atomic mass is 10.2. The zero-order valence-corrected chi connectivity index (χ0v) is 17.1. The van der Waals surface area contributed by atoms with E-state index in [0.717, 1.165) is 46.1 Å². The van der Waals surface area contributed by atoms with Gasteiger partial charge in [-0.2, -0.15) is 15.1 Å². The monoisotopic (exact) mass is 432 g/mol. The van der Waals surface area contributed by atoms with Gasteiger partial charge >= 0.3 is 0 Å². The van der Waals surface area contributed by atoms with Crippen molar-refractivity contribution in [3.05, 3.63) is 28.5 Å². The van der Waals surface area contributed by atoms with E-state index in [1.54, 1.807) is 10.9 Å². The van der Waals surface area contributed by atoms with Crippen molar-refractivity contribution in [2.24, 2.45) is 14.1 Å². The molecule has 1 aliphatic heterocycles. The smallest absolute Gasteiger partial charge is 0.230 e. The summed E-state index contributed by atoms with van der Waals surface area (Å²) >= 11 is 3.37.